The molecule has 1 N–H and O–H groups in total. The first kappa shape index (κ1) is 26.7. The number of aldehydes is 1. The molecule has 0 heterocycles. The topological polar surface area (TPSA) is 108 Å². The summed E-state index contributed by atoms with van der Waals surface area (Å²) in [5, 5.41) is 8.38. The Morgan fingerprint density at radius 2 is 1.23 bits per heavy atom. The Labute approximate surface area is 156 Å². The number of ether oxygens (including phenoxy) is 4. The monoisotopic (exact) mass is 378 g/mol. The highest BCUT2D eigenvalue weighted by atomic mass is 16.6. The first-order chi connectivity index (χ1) is 11.9. The normalized spacial score (nSPS) is 11.2. The molecule has 0 atom stereocenters. The lowest BCUT2D eigenvalue weighted by Crippen LogP contribution is -2.24. The van der Waals surface area contributed by atoms with Crippen molar-refractivity contribution in [2.75, 3.05) is 33.0 Å². The largest absolute Gasteiger partial charge is 0.460 e. The van der Waals surface area contributed by atoms with Gasteiger partial charge in [0.1, 0.15) is 24.1 Å². The van der Waals surface area contributed by atoms with Crippen molar-refractivity contribution in [3.05, 3.63) is 0 Å². The minimum atomic E-state index is -0.457. The molecule has 0 rings (SSSR count). The smallest absolute Gasteiger partial charge is 0.308 e. The van der Waals surface area contributed by atoms with Crippen molar-refractivity contribution in [2.24, 2.45) is 0 Å². The lowest BCUT2D eigenvalue weighted by atomic mass is 10.2. The Morgan fingerprint density at radius 3 is 1.58 bits per heavy atom. The van der Waals surface area contributed by atoms with E-state index in [1.807, 2.05) is 20.8 Å². The zero-order valence-corrected chi connectivity index (χ0v) is 16.8. The van der Waals surface area contributed by atoms with Crippen LogP contribution in [0.5, 0.6) is 0 Å². The highest BCUT2D eigenvalue weighted by molar-refractivity contribution is 5.70. The molecule has 0 bridgehead atoms. The summed E-state index contributed by atoms with van der Waals surface area (Å²) in [6.07, 6.45) is 1.07. The molecule has 0 aromatic carbocycles. The van der Waals surface area contributed by atoms with Gasteiger partial charge in [0.05, 0.1) is 39.3 Å². The van der Waals surface area contributed by atoms with Gasteiger partial charge in [-0.3, -0.25) is 9.59 Å². The van der Waals surface area contributed by atoms with Crippen LogP contribution in [0, 0.1) is 0 Å². The molecule has 0 aliphatic carbocycles. The summed E-state index contributed by atoms with van der Waals surface area (Å²) in [7, 11) is 0. The number of rotatable bonds is 10. The van der Waals surface area contributed by atoms with Crippen LogP contribution >= 0.6 is 0 Å². The van der Waals surface area contributed by atoms with Crippen LogP contribution in [0.15, 0.2) is 0 Å². The second kappa shape index (κ2) is 14.6. The minimum Gasteiger partial charge on any atom is -0.460 e. The zero-order chi connectivity index (χ0) is 20.6. The third kappa shape index (κ3) is 24.7. The van der Waals surface area contributed by atoms with Gasteiger partial charge in [0.15, 0.2) is 0 Å². The molecular formula is C18H34O8. The van der Waals surface area contributed by atoms with Crippen LogP contribution in [0.3, 0.4) is 0 Å². The molecule has 0 fully saturated rings. The first-order valence-corrected chi connectivity index (χ1v) is 8.55. The summed E-state index contributed by atoms with van der Waals surface area (Å²) in [5.74, 6) is -0.580. The van der Waals surface area contributed by atoms with E-state index in [2.05, 4.69) is 0 Å². The molecule has 0 amide bonds. The fraction of sp³-hybridized carbons (Fsp3) is 0.833. The van der Waals surface area contributed by atoms with Crippen molar-refractivity contribution in [1.29, 1.82) is 0 Å². The Morgan fingerprint density at radius 1 is 0.808 bits per heavy atom. The van der Waals surface area contributed by atoms with Gasteiger partial charge in [0, 0.05) is 0 Å². The van der Waals surface area contributed by atoms with Crippen molar-refractivity contribution in [2.45, 2.75) is 65.6 Å². The summed E-state index contributed by atoms with van der Waals surface area (Å²) in [6.45, 7) is 11.7. The number of esters is 2. The average Bonchev–Trinajstić information content (AvgIpc) is 2.45. The van der Waals surface area contributed by atoms with E-state index >= 15 is 0 Å². The maximum atomic E-state index is 11.1. The molecule has 154 valence electrons. The van der Waals surface area contributed by atoms with Gasteiger partial charge in [-0.05, 0) is 41.5 Å². The lowest BCUT2D eigenvalue weighted by molar-refractivity contribution is -0.157. The number of carbonyl (C=O) groups excluding carboxylic acids is 3. The molecule has 0 unspecified atom stereocenters. The fourth-order valence-electron chi connectivity index (χ4n) is 1.39. The Kier molecular flexibility index (Phi) is 15.0. The van der Waals surface area contributed by atoms with Gasteiger partial charge in [-0.1, -0.05) is 0 Å². The van der Waals surface area contributed by atoms with Gasteiger partial charge in [-0.25, -0.2) is 0 Å². The molecule has 0 aliphatic rings. The number of carbonyl (C=O) groups is 3. The van der Waals surface area contributed by atoms with Crippen LogP contribution in [0.4, 0.5) is 0 Å². The lowest BCUT2D eigenvalue weighted by Gasteiger charge is -2.19. The van der Waals surface area contributed by atoms with Gasteiger partial charge in [-0.2, -0.15) is 0 Å². The van der Waals surface area contributed by atoms with E-state index in [0.717, 1.165) is 0 Å². The van der Waals surface area contributed by atoms with Gasteiger partial charge in [0.25, 0.3) is 0 Å². The molecule has 0 saturated heterocycles. The standard InChI is InChI=1S/C9H18O4.C9H16O4/c2*1-9(2,3)13-8(11)4-6-12-7-5-10/h10H,4-7H2,1-3H3;5H,4,6-7H2,1-3H3. The maximum absolute atomic E-state index is 11.1. The maximum Gasteiger partial charge on any atom is 0.308 e. The number of hydrogen-bond acceptors (Lipinski definition) is 8. The predicted octanol–water partition coefficient (Wildman–Crippen LogP) is 1.66. The van der Waals surface area contributed by atoms with E-state index in [-0.39, 0.29) is 51.2 Å². The van der Waals surface area contributed by atoms with Crippen LogP contribution in [0.25, 0.3) is 0 Å². The summed E-state index contributed by atoms with van der Waals surface area (Å²) in [6, 6.07) is 0. The van der Waals surface area contributed by atoms with Gasteiger partial charge < -0.3 is 28.8 Å². The van der Waals surface area contributed by atoms with Crippen molar-refractivity contribution in [3.63, 3.8) is 0 Å². The third-order valence-electron chi connectivity index (χ3n) is 2.16. The quantitative estimate of drug-likeness (QED) is 0.347. The second-order valence-electron chi connectivity index (χ2n) is 7.25. The van der Waals surface area contributed by atoms with E-state index in [9.17, 15) is 14.4 Å². The van der Waals surface area contributed by atoms with E-state index in [1.54, 1.807) is 20.8 Å². The summed E-state index contributed by atoms with van der Waals surface area (Å²) < 4.78 is 19.8. The average molecular weight is 378 g/mol. The summed E-state index contributed by atoms with van der Waals surface area (Å²) in [5.41, 5.74) is -0.893. The van der Waals surface area contributed by atoms with Crippen LogP contribution in [0.1, 0.15) is 54.4 Å². The molecule has 8 nitrogen and oxygen atoms in total. The number of aliphatic hydroxyl groups excluding tert-OH is 1. The molecule has 0 saturated carbocycles. The van der Waals surface area contributed by atoms with Gasteiger partial charge in [0.2, 0.25) is 0 Å². The fourth-order valence-corrected chi connectivity index (χ4v) is 1.39. The summed E-state index contributed by atoms with van der Waals surface area (Å²) >= 11 is 0. The van der Waals surface area contributed by atoms with Crippen LogP contribution in [-0.4, -0.2) is 67.6 Å². The molecule has 0 aliphatic heterocycles. The first-order valence-electron chi connectivity index (χ1n) is 8.55. The van der Waals surface area contributed by atoms with E-state index < -0.39 is 11.2 Å². The Hall–Kier alpha value is -1.51. The molecule has 0 spiro atoms. The predicted molar refractivity (Wildman–Crippen MR) is 95.7 cm³/mol. The second-order valence-corrected chi connectivity index (χ2v) is 7.25. The summed E-state index contributed by atoms with van der Waals surface area (Å²) in [4.78, 5) is 31.9. The number of hydrogen-bond donors (Lipinski definition) is 1. The van der Waals surface area contributed by atoms with Crippen molar-refractivity contribution in [3.8, 4) is 0 Å². The number of aliphatic hydroxyl groups is 1. The molecule has 0 radical (unpaired) electrons. The van der Waals surface area contributed by atoms with E-state index in [4.69, 9.17) is 24.1 Å². The molecular weight excluding hydrogens is 344 g/mol. The zero-order valence-electron chi connectivity index (χ0n) is 16.8. The van der Waals surface area contributed by atoms with Crippen molar-refractivity contribution < 1.29 is 38.4 Å². The third-order valence-corrected chi connectivity index (χ3v) is 2.16. The van der Waals surface area contributed by atoms with Crippen molar-refractivity contribution >= 4 is 18.2 Å². The van der Waals surface area contributed by atoms with Crippen molar-refractivity contribution in [1.82, 2.24) is 0 Å². The van der Waals surface area contributed by atoms with Gasteiger partial charge in [-0.15, -0.1) is 0 Å². The molecule has 0 aromatic heterocycles. The molecule has 0 aromatic rings. The van der Waals surface area contributed by atoms with Crippen LogP contribution < -0.4 is 0 Å². The van der Waals surface area contributed by atoms with E-state index in [1.165, 1.54) is 0 Å². The van der Waals surface area contributed by atoms with Crippen LogP contribution in [-0.2, 0) is 33.3 Å². The SMILES string of the molecule is CC(C)(C)OC(=O)CCOCC=O.CC(C)(C)OC(=O)CCOCCO. The Balaban J connectivity index is 0. The highest BCUT2D eigenvalue weighted by Crippen LogP contribution is 2.08. The highest BCUT2D eigenvalue weighted by Gasteiger charge is 2.16. The molecule has 8 heteroatoms. The van der Waals surface area contributed by atoms with E-state index in [0.29, 0.717) is 12.9 Å². The van der Waals surface area contributed by atoms with Crippen LogP contribution in [0.2, 0.25) is 0 Å². The Bertz CT molecular complexity index is 393. The molecule has 26 heavy (non-hydrogen) atoms. The minimum absolute atomic E-state index is 0.0195. The van der Waals surface area contributed by atoms with Gasteiger partial charge >= 0.3 is 11.9 Å².